The smallest absolute Gasteiger partial charge is 0.310 e. The molecule has 0 atom stereocenters. The van der Waals surface area contributed by atoms with Gasteiger partial charge in [0.15, 0.2) is 11.5 Å². The highest BCUT2D eigenvalue weighted by Crippen LogP contribution is 2.44. The van der Waals surface area contributed by atoms with Gasteiger partial charge in [0.25, 0.3) is 0 Å². The van der Waals surface area contributed by atoms with Crippen LogP contribution in [-0.4, -0.2) is 24.1 Å². The number of nitrogens with one attached hydrogen (secondary N) is 1. The number of ether oxygens (including phenoxy) is 2. The average Bonchev–Trinajstić information content (AvgIpc) is 2.60. The summed E-state index contributed by atoms with van der Waals surface area (Å²) in [5.74, 6) is 0.656. The number of methoxy groups -OCH3 is 1. The second-order valence-electron chi connectivity index (χ2n) is 6.44. The second-order valence-corrected chi connectivity index (χ2v) is 6.44. The third kappa shape index (κ3) is 3.79. The van der Waals surface area contributed by atoms with E-state index in [2.05, 4.69) is 5.32 Å². The molecule has 0 heterocycles. The first-order chi connectivity index (χ1) is 12.5. The maximum Gasteiger partial charge on any atom is 0.310 e. The monoisotopic (exact) mass is 355 g/mol. The molecule has 1 amide bonds. The molecular formula is C20H21NO5. The topological polar surface area (TPSA) is 84.9 Å². The molecule has 0 spiro atoms. The molecule has 26 heavy (non-hydrogen) atoms. The van der Waals surface area contributed by atoms with Crippen LogP contribution in [0.3, 0.4) is 0 Å². The van der Waals surface area contributed by atoms with E-state index in [9.17, 15) is 14.7 Å². The van der Waals surface area contributed by atoms with Crippen molar-refractivity contribution in [3.63, 3.8) is 0 Å². The maximum atomic E-state index is 12.2. The zero-order chi connectivity index (χ0) is 18.6. The van der Waals surface area contributed by atoms with Crippen molar-refractivity contribution in [3.05, 3.63) is 48.5 Å². The molecule has 2 N–H and O–H groups in total. The fraction of sp³-hybridized carbons (Fsp3) is 0.300. The molecule has 6 heteroatoms. The van der Waals surface area contributed by atoms with Gasteiger partial charge in [0.1, 0.15) is 5.75 Å². The van der Waals surface area contributed by atoms with Crippen molar-refractivity contribution in [1.82, 2.24) is 0 Å². The van der Waals surface area contributed by atoms with Crippen molar-refractivity contribution >= 4 is 17.6 Å². The van der Waals surface area contributed by atoms with Crippen LogP contribution in [0.1, 0.15) is 25.7 Å². The summed E-state index contributed by atoms with van der Waals surface area (Å²) < 4.78 is 11.0. The van der Waals surface area contributed by atoms with Crippen LogP contribution in [0.25, 0.3) is 0 Å². The number of aliphatic carboxylic acids is 1. The van der Waals surface area contributed by atoms with E-state index in [1.807, 2.05) is 18.2 Å². The first-order valence-corrected chi connectivity index (χ1v) is 8.47. The van der Waals surface area contributed by atoms with E-state index in [0.717, 1.165) is 6.42 Å². The number of amides is 1. The van der Waals surface area contributed by atoms with Crippen molar-refractivity contribution in [2.75, 3.05) is 12.4 Å². The first kappa shape index (κ1) is 17.8. The van der Waals surface area contributed by atoms with Gasteiger partial charge in [-0.15, -0.1) is 0 Å². The summed E-state index contributed by atoms with van der Waals surface area (Å²) >= 11 is 0. The Morgan fingerprint density at radius 3 is 2.27 bits per heavy atom. The lowest BCUT2D eigenvalue weighted by atomic mass is 9.66. The maximum absolute atomic E-state index is 12.2. The third-order valence-electron chi connectivity index (χ3n) is 4.70. The van der Waals surface area contributed by atoms with Crippen LogP contribution in [0.5, 0.6) is 17.2 Å². The quantitative estimate of drug-likeness (QED) is 0.782. The molecule has 1 fully saturated rings. The summed E-state index contributed by atoms with van der Waals surface area (Å²) in [6.07, 6.45) is 1.97. The summed E-state index contributed by atoms with van der Waals surface area (Å²) in [5, 5.41) is 12.1. The summed E-state index contributed by atoms with van der Waals surface area (Å²) in [4.78, 5) is 23.5. The Labute approximate surface area is 151 Å². The van der Waals surface area contributed by atoms with Gasteiger partial charge in [-0.05, 0) is 49.2 Å². The lowest BCUT2D eigenvalue weighted by molar-refractivity contribution is -0.157. The zero-order valence-electron chi connectivity index (χ0n) is 14.5. The molecule has 136 valence electrons. The number of carboxylic acid groups (broad SMARTS) is 1. The summed E-state index contributed by atoms with van der Waals surface area (Å²) in [5.41, 5.74) is -0.293. The normalized spacial score (nSPS) is 14.8. The molecule has 0 saturated heterocycles. The summed E-state index contributed by atoms with van der Waals surface area (Å²) in [7, 11) is 1.58. The highest BCUT2D eigenvalue weighted by Gasteiger charge is 2.45. The van der Waals surface area contributed by atoms with Gasteiger partial charge in [-0.1, -0.05) is 18.6 Å². The lowest BCUT2D eigenvalue weighted by Crippen LogP contribution is -2.41. The van der Waals surface area contributed by atoms with Gasteiger partial charge >= 0.3 is 5.97 Å². The Balaban J connectivity index is 1.61. The SMILES string of the molecule is COc1ccccc1Oc1ccc(NC(=O)CC2(C(=O)O)CCC2)cc1. The predicted octanol–water partition coefficient (Wildman–Crippen LogP) is 4.07. The van der Waals surface area contributed by atoms with Crippen LogP contribution in [0, 0.1) is 5.41 Å². The van der Waals surface area contributed by atoms with Gasteiger partial charge < -0.3 is 19.9 Å². The molecular weight excluding hydrogens is 334 g/mol. The number of carboxylic acids is 1. The minimum atomic E-state index is -0.892. The zero-order valence-corrected chi connectivity index (χ0v) is 14.5. The van der Waals surface area contributed by atoms with Crippen LogP contribution in [-0.2, 0) is 9.59 Å². The van der Waals surface area contributed by atoms with Crippen molar-refractivity contribution in [1.29, 1.82) is 0 Å². The van der Waals surface area contributed by atoms with Crippen LogP contribution in [0.15, 0.2) is 48.5 Å². The number of hydrogen-bond donors (Lipinski definition) is 2. The number of rotatable bonds is 7. The van der Waals surface area contributed by atoms with Crippen LogP contribution in [0.2, 0.25) is 0 Å². The third-order valence-corrected chi connectivity index (χ3v) is 4.70. The summed E-state index contributed by atoms with van der Waals surface area (Å²) in [6, 6.07) is 14.2. The van der Waals surface area contributed by atoms with E-state index in [1.165, 1.54) is 0 Å². The Kier molecular flexibility index (Phi) is 5.11. The van der Waals surface area contributed by atoms with Gasteiger partial charge in [0, 0.05) is 12.1 Å². The molecule has 0 unspecified atom stereocenters. The molecule has 1 saturated carbocycles. The van der Waals surface area contributed by atoms with Gasteiger partial charge in [-0.2, -0.15) is 0 Å². The molecule has 0 radical (unpaired) electrons. The predicted molar refractivity (Wildman–Crippen MR) is 96.7 cm³/mol. The number of hydrogen-bond acceptors (Lipinski definition) is 4. The molecule has 1 aliphatic rings. The lowest BCUT2D eigenvalue weighted by Gasteiger charge is -2.36. The van der Waals surface area contributed by atoms with E-state index >= 15 is 0 Å². The molecule has 3 rings (SSSR count). The molecule has 0 bridgehead atoms. The second kappa shape index (κ2) is 7.47. The number of carbonyl (C=O) groups is 2. The van der Waals surface area contributed by atoms with Gasteiger partial charge in [0.2, 0.25) is 5.91 Å². The molecule has 2 aromatic carbocycles. The highest BCUT2D eigenvalue weighted by molar-refractivity contribution is 5.94. The highest BCUT2D eigenvalue weighted by atomic mass is 16.5. The number of carbonyl (C=O) groups excluding carboxylic acids is 1. The first-order valence-electron chi connectivity index (χ1n) is 8.47. The molecule has 6 nitrogen and oxygen atoms in total. The van der Waals surface area contributed by atoms with Crippen molar-refractivity contribution in [3.8, 4) is 17.2 Å². The number of benzene rings is 2. The Morgan fingerprint density at radius 1 is 1.08 bits per heavy atom. The van der Waals surface area contributed by atoms with E-state index in [0.29, 0.717) is 35.8 Å². The van der Waals surface area contributed by atoms with Crippen molar-refractivity contribution < 1.29 is 24.2 Å². The molecule has 0 aromatic heterocycles. The molecule has 1 aliphatic carbocycles. The van der Waals surface area contributed by atoms with Crippen LogP contribution >= 0.6 is 0 Å². The van der Waals surface area contributed by atoms with Crippen LogP contribution < -0.4 is 14.8 Å². The Bertz CT molecular complexity index is 796. The molecule has 0 aliphatic heterocycles. The Morgan fingerprint density at radius 2 is 1.73 bits per heavy atom. The van der Waals surface area contributed by atoms with E-state index in [1.54, 1.807) is 37.4 Å². The summed E-state index contributed by atoms with van der Waals surface area (Å²) in [6.45, 7) is 0. The number of para-hydroxylation sites is 2. The Hall–Kier alpha value is -3.02. The van der Waals surface area contributed by atoms with Crippen molar-refractivity contribution in [2.24, 2.45) is 5.41 Å². The van der Waals surface area contributed by atoms with Gasteiger partial charge in [-0.3, -0.25) is 9.59 Å². The van der Waals surface area contributed by atoms with Crippen molar-refractivity contribution in [2.45, 2.75) is 25.7 Å². The van der Waals surface area contributed by atoms with Gasteiger partial charge in [0.05, 0.1) is 12.5 Å². The van der Waals surface area contributed by atoms with E-state index in [4.69, 9.17) is 9.47 Å². The van der Waals surface area contributed by atoms with Crippen LogP contribution in [0.4, 0.5) is 5.69 Å². The fourth-order valence-corrected chi connectivity index (χ4v) is 3.02. The van der Waals surface area contributed by atoms with E-state index < -0.39 is 11.4 Å². The number of anilines is 1. The largest absolute Gasteiger partial charge is 0.493 e. The minimum Gasteiger partial charge on any atom is -0.493 e. The molecule has 2 aromatic rings. The van der Waals surface area contributed by atoms with Gasteiger partial charge in [-0.25, -0.2) is 0 Å². The fourth-order valence-electron chi connectivity index (χ4n) is 3.02. The standard InChI is InChI=1S/C20H21NO5/c1-25-16-5-2-3-6-17(16)26-15-9-7-14(8-10-15)21-18(22)13-20(19(23)24)11-4-12-20/h2-3,5-10H,4,11-13H2,1H3,(H,21,22)(H,23,24). The van der Waals surface area contributed by atoms with E-state index in [-0.39, 0.29) is 12.3 Å². The average molecular weight is 355 g/mol. The minimum absolute atomic E-state index is 0.00178.